The van der Waals surface area contributed by atoms with Gasteiger partial charge in [0.25, 0.3) is 5.91 Å². The largest absolute Gasteiger partial charge is 0.349 e. The zero-order valence-corrected chi connectivity index (χ0v) is 10.2. The number of hydrogen-bond donors (Lipinski definition) is 1. The van der Waals surface area contributed by atoms with Crippen LogP contribution in [-0.4, -0.2) is 16.9 Å². The van der Waals surface area contributed by atoms with Crippen molar-refractivity contribution in [2.75, 3.05) is 0 Å². The topological polar surface area (TPSA) is 42.0 Å². The van der Waals surface area contributed by atoms with Gasteiger partial charge in [-0.15, -0.1) is 0 Å². The Morgan fingerprint density at radius 1 is 1.50 bits per heavy atom. The van der Waals surface area contributed by atoms with Crippen molar-refractivity contribution in [3.63, 3.8) is 0 Å². The highest BCUT2D eigenvalue weighted by molar-refractivity contribution is 6.29. The van der Waals surface area contributed by atoms with Crippen LogP contribution in [0.5, 0.6) is 0 Å². The molecule has 1 aliphatic carbocycles. The molecule has 0 atom stereocenters. The van der Waals surface area contributed by atoms with Crippen LogP contribution in [0.2, 0.25) is 5.15 Å². The summed E-state index contributed by atoms with van der Waals surface area (Å²) >= 11 is 5.90. The number of nitrogens with one attached hydrogen (secondary N) is 1. The fourth-order valence-corrected chi connectivity index (χ4v) is 1.66. The van der Waals surface area contributed by atoms with Crippen LogP contribution in [0, 0.1) is 0 Å². The van der Waals surface area contributed by atoms with Crippen molar-refractivity contribution in [3.05, 3.63) is 28.5 Å². The average molecular weight is 239 g/mol. The van der Waals surface area contributed by atoms with Crippen molar-refractivity contribution in [2.24, 2.45) is 0 Å². The molecule has 3 nitrogen and oxygen atoms in total. The number of pyridine rings is 1. The summed E-state index contributed by atoms with van der Waals surface area (Å²) in [5, 5.41) is 3.32. The second kappa shape index (κ2) is 4.42. The molecule has 1 aliphatic rings. The minimum Gasteiger partial charge on any atom is -0.349 e. The third-order valence-corrected chi connectivity index (χ3v) is 2.77. The zero-order chi connectivity index (χ0) is 11.7. The number of rotatable bonds is 3. The smallest absolute Gasteiger partial charge is 0.251 e. The maximum absolute atomic E-state index is 11.8. The van der Waals surface area contributed by atoms with Gasteiger partial charge in [-0.2, -0.15) is 0 Å². The highest BCUT2D eigenvalue weighted by Crippen LogP contribution is 2.21. The van der Waals surface area contributed by atoms with Gasteiger partial charge in [-0.1, -0.05) is 25.4 Å². The van der Waals surface area contributed by atoms with E-state index in [9.17, 15) is 4.79 Å². The summed E-state index contributed by atoms with van der Waals surface area (Å²) in [5.41, 5.74) is 1.46. The van der Waals surface area contributed by atoms with E-state index in [-0.39, 0.29) is 11.8 Å². The van der Waals surface area contributed by atoms with Crippen LogP contribution in [0.4, 0.5) is 0 Å². The summed E-state index contributed by atoms with van der Waals surface area (Å²) < 4.78 is 0. The molecular weight excluding hydrogens is 224 g/mol. The summed E-state index contributed by atoms with van der Waals surface area (Å²) in [7, 11) is 0. The Morgan fingerprint density at radius 3 is 2.75 bits per heavy atom. The van der Waals surface area contributed by atoms with Crippen molar-refractivity contribution in [3.8, 4) is 0 Å². The summed E-state index contributed by atoms with van der Waals surface area (Å²) in [6, 6.07) is 3.79. The first kappa shape index (κ1) is 11.4. The molecule has 1 aromatic heterocycles. The Kier molecular flexibility index (Phi) is 3.15. The van der Waals surface area contributed by atoms with Crippen LogP contribution in [0.25, 0.3) is 0 Å². The van der Waals surface area contributed by atoms with Crippen LogP contribution in [0.1, 0.15) is 48.7 Å². The van der Waals surface area contributed by atoms with E-state index in [0.717, 1.165) is 18.5 Å². The third kappa shape index (κ3) is 2.73. The number of halogens is 1. The van der Waals surface area contributed by atoms with Gasteiger partial charge in [0.2, 0.25) is 0 Å². The van der Waals surface area contributed by atoms with E-state index in [2.05, 4.69) is 10.3 Å². The lowest BCUT2D eigenvalue weighted by atomic mass is 10.1. The quantitative estimate of drug-likeness (QED) is 0.823. The van der Waals surface area contributed by atoms with E-state index in [1.54, 1.807) is 6.07 Å². The number of carbonyl (C=O) groups is 1. The summed E-state index contributed by atoms with van der Waals surface area (Å²) in [5.74, 6) is 0.222. The Balaban J connectivity index is 2.21. The SMILES string of the molecule is CC(C)c1cc(C(=O)NC2CC2)cc(Cl)n1. The fourth-order valence-electron chi connectivity index (χ4n) is 1.44. The minimum absolute atomic E-state index is 0.0475. The van der Waals surface area contributed by atoms with Crippen molar-refractivity contribution in [2.45, 2.75) is 38.6 Å². The molecular formula is C12H15ClN2O. The van der Waals surface area contributed by atoms with E-state index >= 15 is 0 Å². The van der Waals surface area contributed by atoms with Crippen molar-refractivity contribution < 1.29 is 4.79 Å². The predicted octanol–water partition coefficient (Wildman–Crippen LogP) is 2.75. The van der Waals surface area contributed by atoms with Gasteiger partial charge < -0.3 is 5.32 Å². The standard InChI is InChI=1S/C12H15ClN2O/c1-7(2)10-5-8(6-11(13)15-10)12(16)14-9-3-4-9/h5-7,9H,3-4H2,1-2H3,(H,14,16). The highest BCUT2D eigenvalue weighted by atomic mass is 35.5. The maximum Gasteiger partial charge on any atom is 0.251 e. The van der Waals surface area contributed by atoms with Gasteiger partial charge in [-0.05, 0) is 30.9 Å². The lowest BCUT2D eigenvalue weighted by molar-refractivity contribution is 0.0951. The number of aromatic nitrogens is 1. The molecule has 0 spiro atoms. The number of hydrogen-bond acceptors (Lipinski definition) is 2. The summed E-state index contributed by atoms with van der Waals surface area (Å²) in [6.45, 7) is 4.06. The number of carbonyl (C=O) groups excluding carboxylic acids is 1. The van der Waals surface area contributed by atoms with Gasteiger partial charge in [-0.3, -0.25) is 4.79 Å². The molecule has 1 aromatic rings. The lowest BCUT2D eigenvalue weighted by Crippen LogP contribution is -2.25. The third-order valence-electron chi connectivity index (χ3n) is 2.58. The predicted molar refractivity (Wildman–Crippen MR) is 63.8 cm³/mol. The van der Waals surface area contributed by atoms with Crippen molar-refractivity contribution in [1.29, 1.82) is 0 Å². The second-order valence-corrected chi connectivity index (χ2v) is 4.89. The molecule has 0 saturated heterocycles. The van der Waals surface area contributed by atoms with Gasteiger partial charge in [0.05, 0.1) is 0 Å². The molecule has 1 saturated carbocycles. The molecule has 0 aliphatic heterocycles. The molecule has 0 radical (unpaired) electrons. The molecule has 1 N–H and O–H groups in total. The molecule has 1 fully saturated rings. The molecule has 86 valence electrons. The fraction of sp³-hybridized carbons (Fsp3) is 0.500. The molecule has 0 aromatic carbocycles. The first-order chi connectivity index (χ1) is 7.56. The molecule has 16 heavy (non-hydrogen) atoms. The Bertz CT molecular complexity index is 413. The van der Waals surface area contributed by atoms with Gasteiger partial charge in [0.15, 0.2) is 0 Å². The Hall–Kier alpha value is -1.09. The van der Waals surface area contributed by atoms with E-state index in [0.29, 0.717) is 16.8 Å². The summed E-state index contributed by atoms with van der Waals surface area (Å²) in [4.78, 5) is 16.0. The minimum atomic E-state index is -0.0475. The number of amides is 1. The molecule has 0 bridgehead atoms. The van der Waals surface area contributed by atoms with Gasteiger partial charge in [0.1, 0.15) is 5.15 Å². The van der Waals surface area contributed by atoms with Gasteiger partial charge >= 0.3 is 0 Å². The molecule has 2 rings (SSSR count). The van der Waals surface area contributed by atoms with Crippen molar-refractivity contribution in [1.82, 2.24) is 10.3 Å². The van der Waals surface area contributed by atoms with Crippen LogP contribution >= 0.6 is 11.6 Å². The van der Waals surface area contributed by atoms with Crippen LogP contribution < -0.4 is 5.32 Å². The molecule has 1 heterocycles. The monoisotopic (exact) mass is 238 g/mol. The lowest BCUT2D eigenvalue weighted by Gasteiger charge is -2.08. The van der Waals surface area contributed by atoms with E-state index < -0.39 is 0 Å². The normalized spacial score (nSPS) is 15.2. The Morgan fingerprint density at radius 2 is 2.19 bits per heavy atom. The first-order valence-corrected chi connectivity index (χ1v) is 5.92. The molecule has 0 unspecified atom stereocenters. The van der Waals surface area contributed by atoms with Crippen LogP contribution in [0.15, 0.2) is 12.1 Å². The van der Waals surface area contributed by atoms with Crippen LogP contribution in [-0.2, 0) is 0 Å². The molecule has 4 heteroatoms. The second-order valence-electron chi connectivity index (χ2n) is 4.51. The highest BCUT2D eigenvalue weighted by Gasteiger charge is 2.24. The van der Waals surface area contributed by atoms with E-state index in [1.807, 2.05) is 19.9 Å². The first-order valence-electron chi connectivity index (χ1n) is 5.54. The summed E-state index contributed by atoms with van der Waals surface area (Å²) in [6.07, 6.45) is 2.17. The van der Waals surface area contributed by atoms with Crippen LogP contribution in [0.3, 0.4) is 0 Å². The molecule has 1 amide bonds. The van der Waals surface area contributed by atoms with Gasteiger partial charge in [-0.25, -0.2) is 4.98 Å². The van der Waals surface area contributed by atoms with Gasteiger partial charge in [0, 0.05) is 17.3 Å². The maximum atomic E-state index is 11.8. The van der Waals surface area contributed by atoms with Crippen molar-refractivity contribution >= 4 is 17.5 Å². The van der Waals surface area contributed by atoms with E-state index in [1.165, 1.54) is 0 Å². The zero-order valence-electron chi connectivity index (χ0n) is 9.46. The number of nitrogens with zero attached hydrogens (tertiary/aromatic N) is 1. The Labute approximate surface area is 100 Å². The average Bonchev–Trinajstić information content (AvgIpc) is 3.00. The van der Waals surface area contributed by atoms with E-state index in [4.69, 9.17) is 11.6 Å².